The summed E-state index contributed by atoms with van der Waals surface area (Å²) in [6, 6.07) is 17.5. The highest BCUT2D eigenvalue weighted by Crippen LogP contribution is 2.26. The first-order chi connectivity index (χ1) is 18.3. The minimum atomic E-state index is -4.83. The Balaban J connectivity index is 1.79. The number of ether oxygens (including phenoxy) is 1. The van der Waals surface area contributed by atoms with Gasteiger partial charge in [0.2, 0.25) is 0 Å². The molecule has 0 aliphatic heterocycles. The normalized spacial score (nSPS) is 11.6. The number of carbonyl (C=O) groups excluding carboxylic acids is 1. The molecule has 0 radical (unpaired) electrons. The van der Waals surface area contributed by atoms with Crippen molar-refractivity contribution >= 4 is 17.6 Å². The van der Waals surface area contributed by atoms with Crippen molar-refractivity contribution in [2.24, 2.45) is 0 Å². The van der Waals surface area contributed by atoms with Gasteiger partial charge in [-0.25, -0.2) is 0 Å². The smallest absolute Gasteiger partial charge is 0.481 e. The SMILES string of the molecule is O=C(O)CCNC(=O)c1ccc(N(Cc2ccc(CC(F)(F)F)cc2)Cc2ccc(OC(F)(F)F)cc2)cc1. The highest BCUT2D eigenvalue weighted by Gasteiger charge is 2.31. The van der Waals surface area contributed by atoms with E-state index < -0.39 is 30.8 Å². The Morgan fingerprint density at radius 2 is 1.28 bits per heavy atom. The maximum atomic E-state index is 12.7. The molecule has 0 aromatic heterocycles. The van der Waals surface area contributed by atoms with Gasteiger partial charge < -0.3 is 20.1 Å². The molecule has 3 aromatic rings. The van der Waals surface area contributed by atoms with Crippen molar-refractivity contribution in [1.82, 2.24) is 5.32 Å². The van der Waals surface area contributed by atoms with Crippen LogP contribution < -0.4 is 15.0 Å². The van der Waals surface area contributed by atoms with Crippen LogP contribution in [0.5, 0.6) is 5.75 Å². The number of hydrogen-bond donors (Lipinski definition) is 2. The first kappa shape index (κ1) is 29.3. The predicted octanol–water partition coefficient (Wildman–Crippen LogP) is 6.10. The fourth-order valence-electron chi connectivity index (χ4n) is 3.68. The quantitative estimate of drug-likeness (QED) is 0.280. The molecule has 0 spiro atoms. The molecule has 0 aliphatic rings. The summed E-state index contributed by atoms with van der Waals surface area (Å²) in [6.07, 6.45) is -10.4. The van der Waals surface area contributed by atoms with Crippen molar-refractivity contribution in [2.45, 2.75) is 38.5 Å². The zero-order chi connectivity index (χ0) is 28.6. The summed E-state index contributed by atoms with van der Waals surface area (Å²) in [6.45, 7) is 0.429. The summed E-state index contributed by atoms with van der Waals surface area (Å²) in [5.74, 6) is -1.89. The van der Waals surface area contributed by atoms with Crippen LogP contribution in [-0.2, 0) is 24.3 Å². The fourth-order valence-corrected chi connectivity index (χ4v) is 3.68. The fraction of sp³-hybridized carbons (Fsp3) is 0.259. The molecular formula is C27H24F6N2O4. The molecule has 0 saturated carbocycles. The third kappa shape index (κ3) is 10.2. The highest BCUT2D eigenvalue weighted by molar-refractivity contribution is 5.94. The van der Waals surface area contributed by atoms with Crippen molar-refractivity contribution in [1.29, 1.82) is 0 Å². The minimum absolute atomic E-state index is 0.0412. The maximum Gasteiger partial charge on any atom is 0.573 e. The molecule has 0 atom stereocenters. The summed E-state index contributed by atoms with van der Waals surface area (Å²) >= 11 is 0. The van der Waals surface area contributed by atoms with Crippen LogP contribution in [0.25, 0.3) is 0 Å². The Kier molecular flexibility index (Phi) is 9.44. The molecule has 39 heavy (non-hydrogen) atoms. The summed E-state index contributed by atoms with van der Waals surface area (Å²) in [4.78, 5) is 24.7. The van der Waals surface area contributed by atoms with Crippen molar-refractivity contribution in [2.75, 3.05) is 11.4 Å². The van der Waals surface area contributed by atoms with E-state index in [0.29, 0.717) is 16.8 Å². The summed E-state index contributed by atoms with van der Waals surface area (Å²) in [5, 5.41) is 11.2. The van der Waals surface area contributed by atoms with Crippen molar-refractivity contribution in [3.63, 3.8) is 0 Å². The zero-order valence-corrected chi connectivity index (χ0v) is 20.4. The number of benzene rings is 3. The van der Waals surface area contributed by atoms with E-state index >= 15 is 0 Å². The second kappa shape index (κ2) is 12.5. The van der Waals surface area contributed by atoms with Crippen molar-refractivity contribution in [3.8, 4) is 5.75 Å². The molecule has 208 valence electrons. The molecule has 0 fully saturated rings. The molecule has 6 nitrogen and oxygen atoms in total. The number of carboxylic acids is 1. The molecule has 0 aliphatic carbocycles. The van der Waals surface area contributed by atoms with Crippen molar-refractivity contribution in [3.05, 3.63) is 95.1 Å². The van der Waals surface area contributed by atoms with E-state index in [1.165, 1.54) is 48.5 Å². The van der Waals surface area contributed by atoms with E-state index in [-0.39, 0.29) is 42.9 Å². The standard InChI is InChI=1S/C27H24F6N2O4/c28-26(29,30)15-18-1-3-19(4-2-18)16-35(17-20-5-11-23(12-6-20)39-27(31,32)33)22-9-7-21(8-10-22)25(38)34-14-13-24(36)37/h1-12H,13-17H2,(H,34,38)(H,36,37). The first-order valence-electron chi connectivity index (χ1n) is 11.6. The third-order valence-electron chi connectivity index (χ3n) is 5.45. The van der Waals surface area contributed by atoms with Gasteiger partial charge >= 0.3 is 18.5 Å². The monoisotopic (exact) mass is 554 g/mol. The number of nitrogens with zero attached hydrogens (tertiary/aromatic N) is 1. The van der Waals surface area contributed by atoms with Crippen LogP contribution in [0.3, 0.4) is 0 Å². The lowest BCUT2D eigenvalue weighted by atomic mass is 10.1. The maximum absolute atomic E-state index is 12.7. The van der Waals surface area contributed by atoms with Crippen LogP contribution in [-0.4, -0.2) is 36.1 Å². The zero-order valence-electron chi connectivity index (χ0n) is 20.4. The summed E-state index contributed by atoms with van der Waals surface area (Å²) in [7, 11) is 0. The number of halogens is 6. The number of hydrogen-bond acceptors (Lipinski definition) is 4. The molecule has 0 saturated heterocycles. The van der Waals surface area contributed by atoms with Crippen LogP contribution in [0, 0.1) is 0 Å². The number of nitrogens with one attached hydrogen (secondary N) is 1. The van der Waals surface area contributed by atoms with E-state index in [4.69, 9.17) is 5.11 Å². The van der Waals surface area contributed by atoms with Gasteiger partial charge in [-0.3, -0.25) is 9.59 Å². The van der Waals surface area contributed by atoms with Gasteiger partial charge in [0.1, 0.15) is 5.75 Å². The van der Waals surface area contributed by atoms with Gasteiger partial charge in [0.25, 0.3) is 5.91 Å². The molecule has 1 amide bonds. The predicted molar refractivity (Wildman–Crippen MR) is 130 cm³/mol. The minimum Gasteiger partial charge on any atom is -0.481 e. The topological polar surface area (TPSA) is 78.9 Å². The Morgan fingerprint density at radius 3 is 1.77 bits per heavy atom. The first-order valence-corrected chi connectivity index (χ1v) is 11.6. The number of rotatable bonds is 11. The Labute approximate surface area is 219 Å². The third-order valence-corrected chi connectivity index (χ3v) is 5.45. The van der Waals surface area contributed by atoms with E-state index in [2.05, 4.69) is 10.1 Å². The second-order valence-electron chi connectivity index (χ2n) is 8.60. The molecule has 12 heteroatoms. The molecule has 2 N–H and O–H groups in total. The van der Waals surface area contributed by atoms with Crippen molar-refractivity contribution < 1.29 is 45.8 Å². The number of aliphatic carboxylic acids is 1. The van der Waals surface area contributed by atoms with Gasteiger partial charge in [0, 0.05) is 30.9 Å². The van der Waals surface area contributed by atoms with E-state index in [1.54, 1.807) is 24.3 Å². The highest BCUT2D eigenvalue weighted by atomic mass is 19.4. The van der Waals surface area contributed by atoms with Gasteiger partial charge in [-0.1, -0.05) is 36.4 Å². The van der Waals surface area contributed by atoms with Crippen LogP contribution in [0.1, 0.15) is 33.5 Å². The molecule has 3 aromatic carbocycles. The molecule has 0 bridgehead atoms. The van der Waals surface area contributed by atoms with Gasteiger partial charge in [-0.2, -0.15) is 13.2 Å². The van der Waals surface area contributed by atoms with Crippen LogP contribution in [0.2, 0.25) is 0 Å². The van der Waals surface area contributed by atoms with Crippen LogP contribution in [0.4, 0.5) is 32.0 Å². The Morgan fingerprint density at radius 1 is 0.769 bits per heavy atom. The van der Waals surface area contributed by atoms with Crippen LogP contribution >= 0.6 is 0 Å². The molecular weight excluding hydrogens is 530 g/mol. The number of carbonyl (C=O) groups is 2. The summed E-state index contributed by atoms with van der Waals surface area (Å²) < 4.78 is 79.4. The average molecular weight is 554 g/mol. The van der Waals surface area contributed by atoms with Gasteiger partial charge in [-0.15, -0.1) is 13.2 Å². The molecule has 0 unspecified atom stereocenters. The Hall–Kier alpha value is -4.22. The lowest BCUT2D eigenvalue weighted by Gasteiger charge is -2.26. The molecule has 3 rings (SSSR count). The lowest BCUT2D eigenvalue weighted by molar-refractivity contribution is -0.274. The largest absolute Gasteiger partial charge is 0.573 e. The van der Waals surface area contributed by atoms with Gasteiger partial charge in [-0.05, 0) is 53.1 Å². The van der Waals surface area contributed by atoms with E-state index in [0.717, 1.165) is 0 Å². The second-order valence-corrected chi connectivity index (χ2v) is 8.60. The summed E-state index contributed by atoms with van der Waals surface area (Å²) in [5.41, 5.74) is 2.35. The van der Waals surface area contributed by atoms with Crippen LogP contribution in [0.15, 0.2) is 72.8 Å². The average Bonchev–Trinajstić information content (AvgIpc) is 2.84. The van der Waals surface area contributed by atoms with Gasteiger partial charge in [0.15, 0.2) is 0 Å². The Bertz CT molecular complexity index is 1180. The van der Waals surface area contributed by atoms with E-state index in [1.807, 2.05) is 4.90 Å². The number of carboxylic acid groups (broad SMARTS) is 1. The lowest BCUT2D eigenvalue weighted by Crippen LogP contribution is -2.26. The molecule has 0 heterocycles. The number of anilines is 1. The number of alkyl halides is 6. The van der Waals surface area contributed by atoms with E-state index in [9.17, 15) is 35.9 Å². The van der Waals surface area contributed by atoms with Gasteiger partial charge in [0.05, 0.1) is 12.8 Å². The number of amides is 1.